The van der Waals surface area contributed by atoms with E-state index in [1.807, 2.05) is 0 Å². The molecular formula is C16H14O10. The lowest BCUT2D eigenvalue weighted by atomic mass is 10.2. The molecule has 0 spiro atoms. The number of carbonyl (C=O) groups is 4. The maximum absolute atomic E-state index is 11.5. The van der Waals surface area contributed by atoms with Gasteiger partial charge in [-0.2, -0.15) is 0 Å². The first-order valence-corrected chi connectivity index (χ1v) is 6.61. The summed E-state index contributed by atoms with van der Waals surface area (Å²) in [4.78, 5) is 49.0. The smallest absolute Gasteiger partial charge is 0.450 e. The van der Waals surface area contributed by atoms with Gasteiger partial charge < -0.3 is 20.4 Å². The fourth-order valence-corrected chi connectivity index (χ4v) is 1.32. The summed E-state index contributed by atoms with van der Waals surface area (Å²) in [6, 6.07) is 16.6. The molecule has 0 fully saturated rings. The maximum atomic E-state index is 11.5. The molecule has 0 unspecified atom stereocenters. The van der Waals surface area contributed by atoms with Crippen molar-refractivity contribution in [3.05, 3.63) is 71.8 Å². The monoisotopic (exact) mass is 366 g/mol. The van der Waals surface area contributed by atoms with Crippen molar-refractivity contribution in [3.63, 3.8) is 0 Å². The molecule has 0 amide bonds. The van der Waals surface area contributed by atoms with Crippen molar-refractivity contribution in [2.45, 2.75) is 0 Å². The minimum absolute atomic E-state index is 0.318. The number of carbonyl (C=O) groups excluding carboxylic acids is 2. The summed E-state index contributed by atoms with van der Waals surface area (Å²) in [7, 11) is 0. The van der Waals surface area contributed by atoms with E-state index in [2.05, 4.69) is 9.78 Å². The zero-order valence-corrected chi connectivity index (χ0v) is 13.0. The van der Waals surface area contributed by atoms with E-state index in [-0.39, 0.29) is 0 Å². The summed E-state index contributed by atoms with van der Waals surface area (Å²) >= 11 is 0. The summed E-state index contributed by atoms with van der Waals surface area (Å²) in [5.41, 5.74) is 0.636. The third kappa shape index (κ3) is 11.5. The van der Waals surface area contributed by atoms with Crippen LogP contribution in [0.15, 0.2) is 60.7 Å². The second kappa shape index (κ2) is 12.4. The first-order valence-electron chi connectivity index (χ1n) is 6.61. The standard InChI is InChI=1S/C14H10O4.2CH2O3/c15-13(11-7-3-1-4-8-11)17-18-14(16)12-9-5-2-6-10-12;2*2-1(3)4/h1-10H;2*(H2,2,3,4). The van der Waals surface area contributed by atoms with Crippen LogP contribution in [0.25, 0.3) is 0 Å². The van der Waals surface area contributed by atoms with Crippen LogP contribution in [-0.2, 0) is 9.78 Å². The van der Waals surface area contributed by atoms with Crippen LogP contribution in [0.5, 0.6) is 0 Å². The fraction of sp³-hybridized carbons (Fsp3) is 0. The molecule has 2 rings (SSSR count). The van der Waals surface area contributed by atoms with Gasteiger partial charge in [-0.15, -0.1) is 0 Å². The quantitative estimate of drug-likeness (QED) is 0.458. The van der Waals surface area contributed by atoms with E-state index in [0.29, 0.717) is 11.1 Å². The Kier molecular flexibility index (Phi) is 10.4. The Morgan fingerprint density at radius 3 is 1.00 bits per heavy atom. The second-order valence-corrected chi connectivity index (χ2v) is 4.04. The number of hydrogen-bond donors (Lipinski definition) is 4. The highest BCUT2D eigenvalue weighted by atomic mass is 17.2. The van der Waals surface area contributed by atoms with Crippen molar-refractivity contribution in [3.8, 4) is 0 Å². The molecule has 0 aromatic heterocycles. The van der Waals surface area contributed by atoms with Crippen LogP contribution in [0.2, 0.25) is 0 Å². The average molecular weight is 366 g/mol. The molecule has 10 heteroatoms. The molecule has 0 aliphatic carbocycles. The molecular weight excluding hydrogens is 352 g/mol. The van der Waals surface area contributed by atoms with Crippen LogP contribution < -0.4 is 0 Å². The minimum Gasteiger partial charge on any atom is -0.450 e. The highest BCUT2D eigenvalue weighted by molar-refractivity contribution is 5.92. The van der Waals surface area contributed by atoms with E-state index in [4.69, 9.17) is 30.0 Å². The fourth-order valence-electron chi connectivity index (χ4n) is 1.32. The Labute approximate surface area is 146 Å². The lowest BCUT2D eigenvalue weighted by Crippen LogP contribution is -2.11. The van der Waals surface area contributed by atoms with Gasteiger partial charge in [0.25, 0.3) is 0 Å². The molecule has 26 heavy (non-hydrogen) atoms. The lowest BCUT2D eigenvalue weighted by Gasteiger charge is -2.02. The van der Waals surface area contributed by atoms with E-state index >= 15 is 0 Å². The Bertz CT molecular complexity index is 641. The van der Waals surface area contributed by atoms with Crippen molar-refractivity contribution in [1.29, 1.82) is 0 Å². The summed E-state index contributed by atoms with van der Waals surface area (Å²) in [6.07, 6.45) is -3.67. The van der Waals surface area contributed by atoms with E-state index in [9.17, 15) is 9.59 Å². The van der Waals surface area contributed by atoms with E-state index in [1.165, 1.54) is 0 Å². The molecule has 0 saturated heterocycles. The third-order valence-corrected chi connectivity index (χ3v) is 2.21. The zero-order chi connectivity index (χ0) is 19.9. The Morgan fingerprint density at radius 1 is 0.538 bits per heavy atom. The first kappa shape index (κ1) is 21.9. The molecule has 0 aliphatic rings. The summed E-state index contributed by atoms with van der Waals surface area (Å²) < 4.78 is 0. The lowest BCUT2D eigenvalue weighted by molar-refractivity contribution is -0.187. The predicted octanol–water partition coefficient (Wildman–Crippen LogP) is 3.06. The molecule has 0 saturated carbocycles. The van der Waals surface area contributed by atoms with Gasteiger partial charge in [-0.3, -0.25) is 0 Å². The molecule has 0 heterocycles. The van der Waals surface area contributed by atoms with E-state index in [1.54, 1.807) is 60.7 Å². The van der Waals surface area contributed by atoms with Crippen molar-refractivity contribution >= 4 is 24.2 Å². The molecule has 138 valence electrons. The minimum atomic E-state index is -1.83. The van der Waals surface area contributed by atoms with Crippen LogP contribution in [0.1, 0.15) is 20.7 Å². The summed E-state index contributed by atoms with van der Waals surface area (Å²) in [5.74, 6) is -1.42. The van der Waals surface area contributed by atoms with Crippen molar-refractivity contribution in [1.82, 2.24) is 0 Å². The Morgan fingerprint density at radius 2 is 0.769 bits per heavy atom. The van der Waals surface area contributed by atoms with E-state index < -0.39 is 24.2 Å². The number of benzene rings is 2. The highest BCUT2D eigenvalue weighted by Gasteiger charge is 2.12. The van der Waals surface area contributed by atoms with Gasteiger partial charge >= 0.3 is 24.2 Å². The molecule has 2 aromatic carbocycles. The van der Waals surface area contributed by atoms with Gasteiger partial charge in [0, 0.05) is 0 Å². The average Bonchev–Trinajstić information content (AvgIpc) is 2.60. The zero-order valence-electron chi connectivity index (χ0n) is 13.0. The molecule has 2 aromatic rings. The van der Waals surface area contributed by atoms with Crippen molar-refractivity contribution < 1.29 is 49.4 Å². The predicted molar refractivity (Wildman–Crippen MR) is 85.0 cm³/mol. The van der Waals surface area contributed by atoms with Gasteiger partial charge in [0.15, 0.2) is 0 Å². The van der Waals surface area contributed by atoms with Crippen LogP contribution in [0, 0.1) is 0 Å². The van der Waals surface area contributed by atoms with Gasteiger partial charge in [-0.05, 0) is 24.3 Å². The first-order chi connectivity index (χ1) is 12.2. The largest absolute Gasteiger partial charge is 0.503 e. The molecule has 0 atom stereocenters. The Balaban J connectivity index is 0.000000662. The van der Waals surface area contributed by atoms with E-state index in [0.717, 1.165) is 0 Å². The van der Waals surface area contributed by atoms with Crippen LogP contribution in [0.3, 0.4) is 0 Å². The molecule has 4 N–H and O–H groups in total. The van der Waals surface area contributed by atoms with Crippen LogP contribution >= 0.6 is 0 Å². The summed E-state index contributed by atoms with van der Waals surface area (Å²) in [6.45, 7) is 0. The third-order valence-electron chi connectivity index (χ3n) is 2.21. The summed E-state index contributed by atoms with van der Waals surface area (Å²) in [5, 5.41) is 27.9. The van der Waals surface area contributed by atoms with Crippen LogP contribution in [-0.4, -0.2) is 44.7 Å². The van der Waals surface area contributed by atoms with Gasteiger partial charge in [0.1, 0.15) is 0 Å². The van der Waals surface area contributed by atoms with Crippen LogP contribution in [0.4, 0.5) is 9.59 Å². The van der Waals surface area contributed by atoms with Gasteiger partial charge in [-0.25, -0.2) is 29.0 Å². The normalized spacial score (nSPS) is 8.46. The SMILES string of the molecule is O=C(O)O.O=C(O)O.O=C(OOC(=O)c1ccccc1)c1ccccc1. The number of carboxylic acid groups (broad SMARTS) is 4. The molecule has 10 nitrogen and oxygen atoms in total. The van der Waals surface area contributed by atoms with Gasteiger partial charge in [-0.1, -0.05) is 36.4 Å². The molecule has 0 aliphatic heterocycles. The molecule has 0 bridgehead atoms. The maximum Gasteiger partial charge on any atom is 0.503 e. The van der Waals surface area contributed by atoms with Gasteiger partial charge in [0.2, 0.25) is 0 Å². The topological polar surface area (TPSA) is 168 Å². The van der Waals surface area contributed by atoms with Gasteiger partial charge in [0.05, 0.1) is 11.1 Å². The number of hydrogen-bond acceptors (Lipinski definition) is 6. The van der Waals surface area contributed by atoms with Crippen molar-refractivity contribution in [2.24, 2.45) is 0 Å². The number of rotatable bonds is 2. The second-order valence-electron chi connectivity index (χ2n) is 4.04. The van der Waals surface area contributed by atoms with Crippen molar-refractivity contribution in [2.75, 3.05) is 0 Å². The Hall–Kier alpha value is -4.08. The molecule has 0 radical (unpaired) electrons. The highest BCUT2D eigenvalue weighted by Crippen LogP contribution is 2.05.